The fourth-order valence-corrected chi connectivity index (χ4v) is 6.77. The molecule has 0 amide bonds. The van der Waals surface area contributed by atoms with Gasteiger partial charge >= 0.3 is 0 Å². The zero-order valence-electron chi connectivity index (χ0n) is 22.7. The number of nitro groups is 1. The Labute approximate surface area is 233 Å². The van der Waals surface area contributed by atoms with Gasteiger partial charge in [0.25, 0.3) is 5.69 Å². The normalized spacial score (nSPS) is 18.0. The van der Waals surface area contributed by atoms with E-state index in [1.165, 1.54) is 6.07 Å². The minimum atomic E-state index is -0.402. The number of ketones is 2. The Morgan fingerprint density at radius 1 is 0.950 bits per heavy atom. The number of hydrogen-bond donors (Lipinski definition) is 0. The van der Waals surface area contributed by atoms with E-state index in [9.17, 15) is 19.7 Å². The van der Waals surface area contributed by atoms with Crippen molar-refractivity contribution >= 4 is 28.2 Å². The number of allylic oxidation sites excluding steroid dienone is 4. The number of nitrogens with zero attached hydrogens (tertiary/aromatic N) is 3. The molecule has 2 aromatic carbocycles. The number of carbonyl (C=O) groups excluding carboxylic acids is 2. The van der Waals surface area contributed by atoms with Crippen LogP contribution in [-0.2, 0) is 20.9 Å². The van der Waals surface area contributed by atoms with Gasteiger partial charge in [0.15, 0.2) is 11.6 Å². The van der Waals surface area contributed by atoms with Crippen molar-refractivity contribution in [3.05, 3.63) is 98.5 Å². The third-order valence-electron chi connectivity index (χ3n) is 8.42. The molecule has 2 heterocycles. The summed E-state index contributed by atoms with van der Waals surface area (Å²) in [6.07, 6.45) is 7.14. The van der Waals surface area contributed by atoms with Crippen LogP contribution in [0.2, 0.25) is 0 Å². The summed E-state index contributed by atoms with van der Waals surface area (Å²) in [6, 6.07) is 14.7. The summed E-state index contributed by atoms with van der Waals surface area (Å²) in [7, 11) is 1.69. The predicted molar refractivity (Wildman–Crippen MR) is 152 cm³/mol. The van der Waals surface area contributed by atoms with Crippen LogP contribution in [0.3, 0.4) is 0 Å². The highest BCUT2D eigenvalue weighted by molar-refractivity contribution is 6.07. The summed E-state index contributed by atoms with van der Waals surface area (Å²) in [6.45, 7) is 1.79. The van der Waals surface area contributed by atoms with Crippen molar-refractivity contribution in [2.45, 2.75) is 57.4 Å². The zero-order chi connectivity index (χ0) is 27.8. The highest BCUT2D eigenvalue weighted by atomic mass is 16.6. The Morgan fingerprint density at radius 3 is 2.33 bits per heavy atom. The van der Waals surface area contributed by atoms with Crippen LogP contribution in [0.15, 0.2) is 77.3 Å². The second-order valence-electron chi connectivity index (χ2n) is 10.9. The number of para-hydroxylation sites is 1. The average molecular weight is 540 g/mol. The molecule has 0 saturated carbocycles. The molecule has 1 aromatic heterocycles. The lowest BCUT2D eigenvalue weighted by Gasteiger charge is -2.44. The third kappa shape index (κ3) is 4.56. The first-order valence-electron chi connectivity index (χ1n) is 14.1. The van der Waals surface area contributed by atoms with Crippen LogP contribution in [0.5, 0.6) is 0 Å². The Morgan fingerprint density at radius 2 is 1.65 bits per heavy atom. The smallest absolute Gasteiger partial charge is 0.269 e. The first-order chi connectivity index (χ1) is 19.5. The van der Waals surface area contributed by atoms with Gasteiger partial charge in [-0.05, 0) is 49.3 Å². The van der Waals surface area contributed by atoms with E-state index in [0.717, 1.165) is 83.2 Å². The van der Waals surface area contributed by atoms with Crippen molar-refractivity contribution in [1.29, 1.82) is 0 Å². The molecule has 206 valence electrons. The van der Waals surface area contributed by atoms with Crippen LogP contribution in [-0.4, -0.2) is 46.2 Å². The van der Waals surface area contributed by atoms with Crippen molar-refractivity contribution in [2.75, 3.05) is 20.3 Å². The third-order valence-corrected chi connectivity index (χ3v) is 8.42. The van der Waals surface area contributed by atoms with Crippen LogP contribution >= 0.6 is 0 Å². The summed E-state index contributed by atoms with van der Waals surface area (Å²) in [5.41, 5.74) is 6.50. The van der Waals surface area contributed by atoms with E-state index in [4.69, 9.17) is 4.74 Å². The number of Topliss-reactive ketones (excluding diaryl/α,β-unsaturated/α-hetero) is 2. The minimum absolute atomic E-state index is 0.0558. The molecular weight excluding hydrogens is 506 g/mol. The number of rotatable bonds is 8. The Kier molecular flexibility index (Phi) is 7.11. The number of methoxy groups -OCH3 is 1. The lowest BCUT2D eigenvalue weighted by Crippen LogP contribution is -2.39. The molecule has 3 aromatic rings. The van der Waals surface area contributed by atoms with Crippen molar-refractivity contribution in [3.8, 4) is 0 Å². The molecule has 1 aliphatic heterocycles. The van der Waals surface area contributed by atoms with Gasteiger partial charge < -0.3 is 14.2 Å². The largest absolute Gasteiger partial charge is 0.385 e. The maximum atomic E-state index is 13.7. The average Bonchev–Trinajstić information content (AvgIpc) is 3.31. The summed E-state index contributed by atoms with van der Waals surface area (Å²) in [5.74, 6) is -0.146. The molecule has 0 fully saturated rings. The van der Waals surface area contributed by atoms with Crippen molar-refractivity contribution in [3.63, 3.8) is 0 Å². The van der Waals surface area contributed by atoms with E-state index in [-0.39, 0.29) is 22.2 Å². The minimum Gasteiger partial charge on any atom is -0.385 e. The van der Waals surface area contributed by atoms with Gasteiger partial charge in [0.05, 0.1) is 4.92 Å². The molecule has 8 heteroatoms. The quantitative estimate of drug-likeness (QED) is 0.197. The maximum Gasteiger partial charge on any atom is 0.269 e. The Bertz CT molecular complexity index is 1540. The molecule has 0 bridgehead atoms. The zero-order valence-corrected chi connectivity index (χ0v) is 22.7. The molecule has 3 aliphatic rings. The molecule has 0 radical (unpaired) electrons. The molecular formula is C32H33N3O5. The van der Waals surface area contributed by atoms with Gasteiger partial charge in [-0.1, -0.05) is 30.3 Å². The number of ether oxygens (including phenoxy) is 1. The second kappa shape index (κ2) is 10.8. The molecule has 6 rings (SSSR count). The molecule has 8 nitrogen and oxygen atoms in total. The summed E-state index contributed by atoms with van der Waals surface area (Å²) < 4.78 is 7.42. The summed E-state index contributed by atoms with van der Waals surface area (Å²) in [5, 5.41) is 12.4. The van der Waals surface area contributed by atoms with Gasteiger partial charge in [0.1, 0.15) is 0 Å². The first kappa shape index (κ1) is 26.2. The van der Waals surface area contributed by atoms with Gasteiger partial charge in [-0.2, -0.15) is 0 Å². The summed E-state index contributed by atoms with van der Waals surface area (Å²) in [4.78, 5) is 40.7. The molecule has 2 aliphatic carbocycles. The number of fused-ring (bicyclic) bond motifs is 1. The molecule has 0 spiro atoms. The van der Waals surface area contributed by atoms with Gasteiger partial charge in [-0.3, -0.25) is 19.7 Å². The lowest BCUT2D eigenvalue weighted by molar-refractivity contribution is -0.384. The number of hydrogen-bond acceptors (Lipinski definition) is 6. The fraction of sp³-hybridized carbons (Fsp3) is 0.375. The van der Waals surface area contributed by atoms with Crippen molar-refractivity contribution in [1.82, 2.24) is 9.47 Å². The van der Waals surface area contributed by atoms with Gasteiger partial charge in [-0.25, -0.2) is 0 Å². The molecule has 0 N–H and O–H groups in total. The first-order valence-corrected chi connectivity index (χ1v) is 14.1. The monoisotopic (exact) mass is 539 g/mol. The molecule has 0 atom stereocenters. The second-order valence-corrected chi connectivity index (χ2v) is 10.9. The van der Waals surface area contributed by atoms with Crippen LogP contribution in [0.25, 0.3) is 10.9 Å². The topological polar surface area (TPSA) is 94.7 Å². The Hall–Kier alpha value is -4.04. The van der Waals surface area contributed by atoms with Crippen LogP contribution < -0.4 is 0 Å². The molecule has 0 unspecified atom stereocenters. The maximum absolute atomic E-state index is 13.7. The highest BCUT2D eigenvalue weighted by Crippen LogP contribution is 2.50. The van der Waals surface area contributed by atoms with Crippen molar-refractivity contribution in [2.24, 2.45) is 0 Å². The van der Waals surface area contributed by atoms with E-state index in [0.29, 0.717) is 26.0 Å². The number of nitro benzene ring substituents is 1. The molecule has 0 saturated heterocycles. The highest BCUT2D eigenvalue weighted by Gasteiger charge is 2.44. The lowest BCUT2D eigenvalue weighted by atomic mass is 9.71. The SMILES string of the molecule is COCCCN1C2=C(C(=O)CCC2)C(c2cn(Cc3cccc([N+](=O)[O-])c3)c3ccccc23)C2=C1CCCC2=O. The van der Waals surface area contributed by atoms with Gasteiger partial charge in [-0.15, -0.1) is 0 Å². The van der Waals surface area contributed by atoms with E-state index >= 15 is 0 Å². The van der Waals surface area contributed by atoms with Crippen LogP contribution in [0, 0.1) is 10.1 Å². The Balaban J connectivity index is 1.52. The van der Waals surface area contributed by atoms with Crippen LogP contribution in [0.1, 0.15) is 62.0 Å². The van der Waals surface area contributed by atoms with Crippen LogP contribution in [0.4, 0.5) is 5.69 Å². The van der Waals surface area contributed by atoms with E-state index in [1.807, 2.05) is 24.3 Å². The number of carbonyl (C=O) groups is 2. The summed E-state index contributed by atoms with van der Waals surface area (Å²) >= 11 is 0. The van der Waals surface area contributed by atoms with E-state index < -0.39 is 5.92 Å². The predicted octanol–water partition coefficient (Wildman–Crippen LogP) is 6.05. The van der Waals surface area contributed by atoms with Crippen molar-refractivity contribution < 1.29 is 19.2 Å². The number of benzene rings is 2. The molecule has 40 heavy (non-hydrogen) atoms. The van der Waals surface area contributed by atoms with E-state index in [2.05, 4.69) is 21.7 Å². The van der Waals surface area contributed by atoms with E-state index in [1.54, 1.807) is 19.2 Å². The standard InChI is InChI=1S/C32H33N3O5/c1-40-17-7-16-34-26-12-5-14-28(36)31(26)30(32-27(34)13-6-15-29(32)37)24-20-33(25-11-3-2-10-23(24)25)19-21-8-4-9-22(18-21)35(38)39/h2-4,8-11,18,20,30H,5-7,12-17,19H2,1H3. The fourth-order valence-electron chi connectivity index (χ4n) is 6.77. The van der Waals surface area contributed by atoms with Gasteiger partial charge in [0, 0.05) is 97.3 Å². The number of non-ortho nitro benzene ring substituents is 1. The number of aromatic nitrogens is 1. The van der Waals surface area contributed by atoms with Gasteiger partial charge in [0.2, 0.25) is 0 Å².